The Labute approximate surface area is 133 Å². The topological polar surface area (TPSA) is 52.6 Å². The molecule has 1 aromatic carbocycles. The van der Waals surface area contributed by atoms with Crippen molar-refractivity contribution in [3.05, 3.63) is 64.4 Å². The zero-order chi connectivity index (χ0) is 15.8. The summed E-state index contributed by atoms with van der Waals surface area (Å²) in [7, 11) is 0. The van der Waals surface area contributed by atoms with E-state index in [4.69, 9.17) is 9.47 Å². The number of esters is 2. The van der Waals surface area contributed by atoms with E-state index >= 15 is 0 Å². The third kappa shape index (κ3) is 5.18. The summed E-state index contributed by atoms with van der Waals surface area (Å²) >= 11 is 1.48. The van der Waals surface area contributed by atoms with Crippen LogP contribution in [0.3, 0.4) is 0 Å². The van der Waals surface area contributed by atoms with Crippen molar-refractivity contribution in [3.63, 3.8) is 0 Å². The standard InChI is InChI=1S/C17H16O4S/c1-2-14-8-9-15(22-14)11-17(19)21-12-20-16(18)10-13-6-4-3-5-7-13/h2-9H,1,10-12H2. The fourth-order valence-corrected chi connectivity index (χ4v) is 2.62. The molecule has 1 aromatic heterocycles. The highest BCUT2D eigenvalue weighted by Gasteiger charge is 2.09. The van der Waals surface area contributed by atoms with Crippen molar-refractivity contribution in [2.75, 3.05) is 6.79 Å². The van der Waals surface area contributed by atoms with Crippen LogP contribution >= 0.6 is 11.3 Å². The van der Waals surface area contributed by atoms with Crippen molar-refractivity contribution in [1.82, 2.24) is 0 Å². The molecule has 0 saturated carbocycles. The van der Waals surface area contributed by atoms with Gasteiger partial charge in [0.05, 0.1) is 12.8 Å². The van der Waals surface area contributed by atoms with Crippen LogP contribution in [0.1, 0.15) is 15.3 Å². The molecule has 0 aliphatic heterocycles. The first-order valence-corrected chi connectivity index (χ1v) is 7.55. The Hall–Kier alpha value is -2.40. The molecule has 0 radical (unpaired) electrons. The summed E-state index contributed by atoms with van der Waals surface area (Å²) in [6.45, 7) is 3.31. The van der Waals surface area contributed by atoms with Gasteiger partial charge < -0.3 is 9.47 Å². The van der Waals surface area contributed by atoms with Gasteiger partial charge in [-0.3, -0.25) is 9.59 Å². The number of thiophene rings is 1. The second-order valence-electron chi connectivity index (χ2n) is 4.50. The molecule has 22 heavy (non-hydrogen) atoms. The lowest BCUT2D eigenvalue weighted by Crippen LogP contribution is -2.15. The summed E-state index contributed by atoms with van der Waals surface area (Å²) in [5, 5.41) is 0. The van der Waals surface area contributed by atoms with E-state index < -0.39 is 11.9 Å². The third-order valence-electron chi connectivity index (χ3n) is 2.83. The maximum Gasteiger partial charge on any atom is 0.313 e. The molecule has 0 bridgehead atoms. The van der Waals surface area contributed by atoms with Gasteiger partial charge in [0.25, 0.3) is 0 Å². The van der Waals surface area contributed by atoms with Crippen LogP contribution in [0, 0.1) is 0 Å². The van der Waals surface area contributed by atoms with Crippen molar-refractivity contribution < 1.29 is 19.1 Å². The normalized spacial score (nSPS) is 10.0. The molecule has 0 atom stereocenters. The van der Waals surface area contributed by atoms with E-state index in [0.29, 0.717) is 0 Å². The average Bonchev–Trinajstić information content (AvgIpc) is 2.95. The monoisotopic (exact) mass is 316 g/mol. The van der Waals surface area contributed by atoms with Crippen molar-refractivity contribution in [2.45, 2.75) is 12.8 Å². The van der Waals surface area contributed by atoms with E-state index in [2.05, 4.69) is 6.58 Å². The quantitative estimate of drug-likeness (QED) is 0.581. The number of hydrogen-bond acceptors (Lipinski definition) is 5. The molecule has 114 valence electrons. The van der Waals surface area contributed by atoms with E-state index in [1.807, 2.05) is 42.5 Å². The van der Waals surface area contributed by atoms with Crippen molar-refractivity contribution in [3.8, 4) is 0 Å². The van der Waals surface area contributed by atoms with E-state index in [9.17, 15) is 9.59 Å². The SMILES string of the molecule is C=Cc1ccc(CC(=O)OCOC(=O)Cc2ccccc2)s1. The molecule has 2 rings (SSSR count). The Morgan fingerprint density at radius 1 is 1.00 bits per heavy atom. The minimum Gasteiger partial charge on any atom is -0.428 e. The minimum absolute atomic E-state index is 0.159. The van der Waals surface area contributed by atoms with Crippen LogP contribution in [0.15, 0.2) is 49.0 Å². The van der Waals surface area contributed by atoms with Gasteiger partial charge in [-0.1, -0.05) is 43.0 Å². The van der Waals surface area contributed by atoms with Gasteiger partial charge in [0.1, 0.15) is 0 Å². The number of benzene rings is 1. The number of carbonyl (C=O) groups is 2. The van der Waals surface area contributed by atoms with Gasteiger partial charge in [0, 0.05) is 9.75 Å². The summed E-state index contributed by atoms with van der Waals surface area (Å²) in [6, 6.07) is 13.0. The maximum atomic E-state index is 11.6. The van der Waals surface area contributed by atoms with Crippen molar-refractivity contribution >= 4 is 29.4 Å². The van der Waals surface area contributed by atoms with E-state index in [0.717, 1.165) is 15.3 Å². The van der Waals surface area contributed by atoms with Crippen LogP contribution in [0.2, 0.25) is 0 Å². The Balaban J connectivity index is 1.68. The van der Waals surface area contributed by atoms with Gasteiger partial charge in [-0.2, -0.15) is 0 Å². The smallest absolute Gasteiger partial charge is 0.313 e. The highest BCUT2D eigenvalue weighted by Crippen LogP contribution is 2.18. The van der Waals surface area contributed by atoms with Crippen LogP contribution in [-0.4, -0.2) is 18.7 Å². The minimum atomic E-state index is -0.427. The molecule has 0 aliphatic rings. The predicted molar refractivity (Wildman–Crippen MR) is 85.3 cm³/mol. The molecule has 0 fully saturated rings. The van der Waals surface area contributed by atoms with Crippen molar-refractivity contribution in [2.24, 2.45) is 0 Å². The van der Waals surface area contributed by atoms with Gasteiger partial charge in [-0.05, 0) is 17.7 Å². The number of hydrogen-bond donors (Lipinski definition) is 0. The molecule has 0 saturated heterocycles. The molecular weight excluding hydrogens is 300 g/mol. The second-order valence-corrected chi connectivity index (χ2v) is 5.70. The van der Waals surface area contributed by atoms with Crippen LogP contribution < -0.4 is 0 Å². The Bertz CT molecular complexity index is 646. The summed E-state index contributed by atoms with van der Waals surface area (Å²) in [4.78, 5) is 25.1. The first kappa shape index (κ1) is 16.0. The van der Waals surface area contributed by atoms with E-state index in [1.54, 1.807) is 6.08 Å². The largest absolute Gasteiger partial charge is 0.428 e. The molecule has 0 unspecified atom stereocenters. The molecular formula is C17H16O4S. The second kappa shape index (κ2) is 8.14. The Kier molecular flexibility index (Phi) is 5.91. The summed E-state index contributed by atoms with van der Waals surface area (Å²) in [5.41, 5.74) is 0.856. The molecule has 1 heterocycles. The van der Waals surface area contributed by atoms with Crippen LogP contribution in [-0.2, 0) is 31.9 Å². The predicted octanol–water partition coefficient (Wildman–Crippen LogP) is 3.22. The van der Waals surface area contributed by atoms with Gasteiger partial charge >= 0.3 is 11.9 Å². The first-order chi connectivity index (χ1) is 10.7. The van der Waals surface area contributed by atoms with Crippen molar-refractivity contribution in [1.29, 1.82) is 0 Å². The summed E-state index contributed by atoms with van der Waals surface area (Å²) < 4.78 is 9.78. The molecule has 0 amide bonds. The fraction of sp³-hybridized carbons (Fsp3) is 0.176. The third-order valence-corrected chi connectivity index (χ3v) is 3.91. The van der Waals surface area contributed by atoms with E-state index in [-0.39, 0.29) is 19.6 Å². The molecule has 2 aromatic rings. The highest BCUT2D eigenvalue weighted by molar-refractivity contribution is 7.13. The Morgan fingerprint density at radius 2 is 1.68 bits per heavy atom. The van der Waals surface area contributed by atoms with Crippen LogP contribution in [0.5, 0.6) is 0 Å². The number of ether oxygens (including phenoxy) is 2. The first-order valence-electron chi connectivity index (χ1n) is 6.73. The maximum absolute atomic E-state index is 11.6. The fourth-order valence-electron chi connectivity index (χ4n) is 1.77. The zero-order valence-electron chi connectivity index (χ0n) is 12.0. The van der Waals surface area contributed by atoms with Gasteiger partial charge in [-0.15, -0.1) is 11.3 Å². The number of carbonyl (C=O) groups excluding carboxylic acids is 2. The van der Waals surface area contributed by atoms with Gasteiger partial charge in [0.15, 0.2) is 0 Å². The van der Waals surface area contributed by atoms with Gasteiger partial charge in [0.2, 0.25) is 6.79 Å². The summed E-state index contributed by atoms with van der Waals surface area (Å²) in [6.07, 6.45) is 2.05. The average molecular weight is 316 g/mol. The molecule has 0 spiro atoms. The van der Waals surface area contributed by atoms with Crippen LogP contribution in [0.4, 0.5) is 0 Å². The highest BCUT2D eigenvalue weighted by atomic mass is 32.1. The van der Waals surface area contributed by atoms with E-state index in [1.165, 1.54) is 11.3 Å². The summed E-state index contributed by atoms with van der Waals surface area (Å²) in [5.74, 6) is -0.853. The lowest BCUT2D eigenvalue weighted by Gasteiger charge is -2.06. The lowest BCUT2D eigenvalue weighted by molar-refractivity contribution is -0.166. The van der Waals surface area contributed by atoms with Crippen LogP contribution in [0.25, 0.3) is 6.08 Å². The molecule has 0 N–H and O–H groups in total. The lowest BCUT2D eigenvalue weighted by atomic mass is 10.2. The number of rotatable bonds is 7. The molecule has 0 aliphatic carbocycles. The zero-order valence-corrected chi connectivity index (χ0v) is 12.8. The van der Waals surface area contributed by atoms with Gasteiger partial charge in [-0.25, -0.2) is 0 Å². The molecule has 4 nitrogen and oxygen atoms in total. The molecule has 5 heteroatoms. The Morgan fingerprint density at radius 3 is 2.32 bits per heavy atom.